The summed E-state index contributed by atoms with van der Waals surface area (Å²) < 4.78 is 10.7. The van der Waals surface area contributed by atoms with Gasteiger partial charge in [-0.15, -0.1) is 0 Å². The highest BCUT2D eigenvalue weighted by molar-refractivity contribution is 5.68. The fourth-order valence-corrected chi connectivity index (χ4v) is 1.49. The Balaban J connectivity index is 2.56. The molecule has 0 aromatic carbocycles. The molecule has 0 N–H and O–H groups in total. The Bertz CT molecular complexity index is 222. The second kappa shape index (κ2) is 4.84. The van der Waals surface area contributed by atoms with Crippen LogP contribution in [0.5, 0.6) is 0 Å². The van der Waals surface area contributed by atoms with Crippen molar-refractivity contribution >= 4 is 6.09 Å². The van der Waals surface area contributed by atoms with Gasteiger partial charge in [0.15, 0.2) is 0 Å². The van der Waals surface area contributed by atoms with Crippen LogP contribution in [0.4, 0.5) is 4.79 Å². The van der Waals surface area contributed by atoms with E-state index < -0.39 is 5.60 Å². The van der Waals surface area contributed by atoms with Gasteiger partial charge >= 0.3 is 6.09 Å². The molecule has 0 bridgehead atoms. The van der Waals surface area contributed by atoms with Gasteiger partial charge in [0.1, 0.15) is 5.60 Å². The maximum Gasteiger partial charge on any atom is 0.410 e. The van der Waals surface area contributed by atoms with E-state index in [-0.39, 0.29) is 12.1 Å². The van der Waals surface area contributed by atoms with Crippen molar-refractivity contribution in [3.63, 3.8) is 0 Å². The molecule has 1 saturated heterocycles. The zero-order chi connectivity index (χ0) is 11.5. The van der Waals surface area contributed by atoms with Crippen molar-refractivity contribution in [1.29, 1.82) is 0 Å². The summed E-state index contributed by atoms with van der Waals surface area (Å²) in [5.74, 6) is 0. The van der Waals surface area contributed by atoms with Crippen LogP contribution in [-0.2, 0) is 9.47 Å². The Morgan fingerprint density at radius 1 is 1.47 bits per heavy atom. The van der Waals surface area contributed by atoms with Gasteiger partial charge in [-0.25, -0.2) is 4.79 Å². The zero-order valence-corrected chi connectivity index (χ0v) is 10.1. The van der Waals surface area contributed by atoms with Gasteiger partial charge in [-0.3, -0.25) is 0 Å². The second-order valence-electron chi connectivity index (χ2n) is 4.95. The highest BCUT2D eigenvalue weighted by atomic mass is 16.6. The first kappa shape index (κ1) is 12.3. The van der Waals surface area contributed by atoms with Crippen LogP contribution in [0.25, 0.3) is 0 Å². The summed E-state index contributed by atoms with van der Waals surface area (Å²) in [6, 6.07) is 0.0994. The quantitative estimate of drug-likeness (QED) is 0.620. The first-order valence-electron chi connectivity index (χ1n) is 5.47. The van der Waals surface area contributed by atoms with Crippen LogP contribution >= 0.6 is 0 Å². The molecule has 15 heavy (non-hydrogen) atoms. The predicted octanol–water partition coefficient (Wildman–Crippen LogP) is 2.03. The largest absolute Gasteiger partial charge is 0.444 e. The average Bonchev–Trinajstić information content (AvgIpc) is 2.26. The van der Waals surface area contributed by atoms with Gasteiger partial charge in [-0.2, -0.15) is 0 Å². The third-order valence-electron chi connectivity index (χ3n) is 2.21. The molecule has 0 saturated carbocycles. The molecule has 1 amide bonds. The van der Waals surface area contributed by atoms with Crippen molar-refractivity contribution in [1.82, 2.24) is 4.90 Å². The maximum absolute atomic E-state index is 11.8. The molecule has 1 heterocycles. The number of ether oxygens (including phenoxy) is 2. The Morgan fingerprint density at radius 3 is 2.73 bits per heavy atom. The molecule has 1 rings (SSSR count). The monoisotopic (exact) mass is 215 g/mol. The molecule has 4 heteroatoms. The Morgan fingerprint density at radius 2 is 2.13 bits per heavy atom. The lowest BCUT2D eigenvalue weighted by Crippen LogP contribution is -2.43. The van der Waals surface area contributed by atoms with E-state index in [1.165, 1.54) is 0 Å². The number of hydrogen-bond donors (Lipinski definition) is 0. The molecular weight excluding hydrogens is 194 g/mol. The first-order valence-corrected chi connectivity index (χ1v) is 5.47. The number of hydrogen-bond acceptors (Lipinski definition) is 3. The number of carbonyl (C=O) groups excluding carboxylic acids is 1. The van der Waals surface area contributed by atoms with Gasteiger partial charge in [-0.05, 0) is 34.1 Å². The molecule has 1 aliphatic heterocycles. The summed E-state index contributed by atoms with van der Waals surface area (Å²) in [6.45, 7) is 9.66. The Kier molecular flexibility index (Phi) is 3.97. The van der Waals surface area contributed by atoms with E-state index in [1.54, 1.807) is 4.90 Å². The van der Waals surface area contributed by atoms with Crippen LogP contribution in [0.3, 0.4) is 0 Å². The summed E-state index contributed by atoms with van der Waals surface area (Å²) in [6.07, 6.45) is 0.643. The van der Waals surface area contributed by atoms with Crippen LogP contribution in [0.2, 0.25) is 0 Å². The van der Waals surface area contributed by atoms with Crippen molar-refractivity contribution in [2.24, 2.45) is 0 Å². The van der Waals surface area contributed by atoms with E-state index in [9.17, 15) is 4.79 Å². The molecular formula is C11H21NO3. The van der Waals surface area contributed by atoms with Gasteiger partial charge in [-0.1, -0.05) is 0 Å². The summed E-state index contributed by atoms with van der Waals surface area (Å²) in [7, 11) is 0. The van der Waals surface area contributed by atoms with Crippen LogP contribution < -0.4 is 0 Å². The van der Waals surface area contributed by atoms with Crippen LogP contribution in [0.1, 0.15) is 34.1 Å². The van der Waals surface area contributed by atoms with Crippen LogP contribution in [-0.4, -0.2) is 42.4 Å². The number of rotatable bonds is 0. The minimum atomic E-state index is -0.427. The van der Waals surface area contributed by atoms with E-state index in [2.05, 4.69) is 0 Å². The average molecular weight is 215 g/mol. The molecule has 0 unspecified atom stereocenters. The zero-order valence-electron chi connectivity index (χ0n) is 10.1. The molecule has 1 fully saturated rings. The molecule has 1 aliphatic rings. The van der Waals surface area contributed by atoms with Crippen molar-refractivity contribution in [3.05, 3.63) is 0 Å². The summed E-state index contributed by atoms with van der Waals surface area (Å²) in [5.41, 5.74) is -0.427. The van der Waals surface area contributed by atoms with Crippen molar-refractivity contribution < 1.29 is 14.3 Å². The number of carbonyl (C=O) groups is 1. The molecule has 0 aromatic rings. The summed E-state index contributed by atoms with van der Waals surface area (Å²) in [5, 5.41) is 0. The molecule has 88 valence electrons. The standard InChI is InChI=1S/C11H21NO3/c1-9-8-14-7-5-6-12(9)10(13)15-11(2,3)4/h9H,5-8H2,1-4H3/t9-/m0/s1. The molecule has 0 spiro atoms. The van der Waals surface area contributed by atoms with Crippen molar-refractivity contribution in [2.75, 3.05) is 19.8 Å². The van der Waals surface area contributed by atoms with E-state index in [4.69, 9.17) is 9.47 Å². The summed E-state index contributed by atoms with van der Waals surface area (Å²) >= 11 is 0. The molecule has 0 radical (unpaired) electrons. The normalized spacial score (nSPS) is 23.5. The highest BCUT2D eigenvalue weighted by Crippen LogP contribution is 2.14. The third-order valence-corrected chi connectivity index (χ3v) is 2.21. The van der Waals surface area contributed by atoms with Gasteiger partial charge < -0.3 is 14.4 Å². The lowest BCUT2D eigenvalue weighted by atomic mass is 10.2. The third kappa shape index (κ3) is 4.08. The topological polar surface area (TPSA) is 38.8 Å². The molecule has 4 nitrogen and oxygen atoms in total. The Labute approximate surface area is 91.5 Å². The van der Waals surface area contributed by atoms with Crippen molar-refractivity contribution in [3.8, 4) is 0 Å². The fraction of sp³-hybridized carbons (Fsp3) is 0.909. The smallest absolute Gasteiger partial charge is 0.410 e. The van der Waals surface area contributed by atoms with Crippen LogP contribution in [0, 0.1) is 0 Å². The molecule has 0 aliphatic carbocycles. The Hall–Kier alpha value is -0.770. The van der Waals surface area contributed by atoms with E-state index in [0.717, 1.165) is 19.6 Å². The fourth-order valence-electron chi connectivity index (χ4n) is 1.49. The predicted molar refractivity (Wildman–Crippen MR) is 57.8 cm³/mol. The van der Waals surface area contributed by atoms with Crippen LogP contribution in [0.15, 0.2) is 0 Å². The first-order chi connectivity index (χ1) is 6.90. The molecule has 0 aromatic heterocycles. The number of nitrogens with zero attached hydrogens (tertiary/aromatic N) is 1. The lowest BCUT2D eigenvalue weighted by molar-refractivity contribution is 0.0146. The second-order valence-corrected chi connectivity index (χ2v) is 4.95. The SMILES string of the molecule is C[C@H]1COCCCN1C(=O)OC(C)(C)C. The van der Waals surface area contributed by atoms with E-state index in [1.807, 2.05) is 27.7 Å². The van der Waals surface area contributed by atoms with Gasteiger partial charge in [0.05, 0.1) is 12.6 Å². The summed E-state index contributed by atoms with van der Waals surface area (Å²) in [4.78, 5) is 13.6. The minimum Gasteiger partial charge on any atom is -0.444 e. The highest BCUT2D eigenvalue weighted by Gasteiger charge is 2.26. The maximum atomic E-state index is 11.8. The van der Waals surface area contributed by atoms with Crippen molar-refractivity contribution in [2.45, 2.75) is 45.8 Å². The lowest BCUT2D eigenvalue weighted by Gasteiger charge is -2.29. The van der Waals surface area contributed by atoms with Gasteiger partial charge in [0, 0.05) is 13.2 Å². The minimum absolute atomic E-state index is 0.0994. The van der Waals surface area contributed by atoms with E-state index in [0.29, 0.717) is 6.61 Å². The number of amides is 1. The van der Waals surface area contributed by atoms with Gasteiger partial charge in [0.2, 0.25) is 0 Å². The molecule has 1 atom stereocenters. The van der Waals surface area contributed by atoms with Gasteiger partial charge in [0.25, 0.3) is 0 Å². The van der Waals surface area contributed by atoms with E-state index >= 15 is 0 Å².